The molecule has 3 aliphatic rings. The second kappa shape index (κ2) is 12.4. The maximum absolute atomic E-state index is 13.0. The summed E-state index contributed by atoms with van der Waals surface area (Å²) in [4.78, 5) is 35.0. The van der Waals surface area contributed by atoms with Crippen molar-refractivity contribution in [3.63, 3.8) is 0 Å². The van der Waals surface area contributed by atoms with E-state index < -0.39 is 12.0 Å². The molecule has 1 saturated heterocycles. The molecule has 1 N–H and O–H groups in total. The highest BCUT2D eigenvalue weighted by molar-refractivity contribution is 8.16. The number of rotatable bonds is 10. The van der Waals surface area contributed by atoms with Crippen molar-refractivity contribution in [2.75, 3.05) is 53.6 Å². The lowest BCUT2D eigenvalue weighted by atomic mass is 9.92. The van der Waals surface area contributed by atoms with Gasteiger partial charge in [-0.25, -0.2) is 9.79 Å². The highest BCUT2D eigenvalue weighted by Crippen LogP contribution is 2.45. The third kappa shape index (κ3) is 5.93. The van der Waals surface area contributed by atoms with Crippen LogP contribution >= 0.6 is 11.8 Å². The summed E-state index contributed by atoms with van der Waals surface area (Å²) < 4.78 is 16.0. The highest BCUT2D eigenvalue weighted by atomic mass is 32.2. The summed E-state index contributed by atoms with van der Waals surface area (Å²) in [6.45, 7) is 6.95. The topological polar surface area (TPSA) is 92.7 Å². The van der Waals surface area contributed by atoms with Crippen LogP contribution in [0.15, 0.2) is 51.6 Å². The Morgan fingerprint density at radius 2 is 2.06 bits per heavy atom. The Hall–Kier alpha value is -2.82. The fourth-order valence-electron chi connectivity index (χ4n) is 4.62. The Kier molecular flexibility index (Phi) is 9.06. The van der Waals surface area contributed by atoms with Crippen molar-refractivity contribution < 1.29 is 23.8 Å². The van der Waals surface area contributed by atoms with Gasteiger partial charge in [-0.1, -0.05) is 30.8 Å². The van der Waals surface area contributed by atoms with Crippen LogP contribution in [-0.2, 0) is 19.1 Å². The van der Waals surface area contributed by atoms with Crippen molar-refractivity contribution >= 4 is 28.8 Å². The normalized spacial score (nSPS) is 20.0. The predicted molar refractivity (Wildman–Crippen MR) is 140 cm³/mol. The number of amidine groups is 1. The largest absolute Gasteiger partial charge is 0.497 e. The summed E-state index contributed by atoms with van der Waals surface area (Å²) in [6.07, 6.45) is 1.67. The molecule has 1 fully saturated rings. The Labute approximate surface area is 216 Å². The van der Waals surface area contributed by atoms with E-state index in [0.717, 1.165) is 55.7 Å². The Morgan fingerprint density at radius 3 is 2.78 bits per heavy atom. The number of carbonyl (C=O) groups is 2. The SMILES string of the molecule is CCC1=C(C(=O)OC)[C@H](c2cccc(OC)c2)N2C(CC(=O)NCCCN3CCOCC3)=CSC2=N1. The molecule has 3 heterocycles. The van der Waals surface area contributed by atoms with E-state index in [1.807, 2.05) is 41.5 Å². The molecule has 10 heteroatoms. The first kappa shape index (κ1) is 26.2. The van der Waals surface area contributed by atoms with E-state index in [1.54, 1.807) is 7.11 Å². The van der Waals surface area contributed by atoms with Gasteiger partial charge in [-0.15, -0.1) is 0 Å². The third-order valence-electron chi connectivity index (χ3n) is 6.46. The average Bonchev–Trinajstić information content (AvgIpc) is 3.32. The van der Waals surface area contributed by atoms with Crippen LogP contribution < -0.4 is 10.1 Å². The number of esters is 1. The average molecular weight is 515 g/mol. The molecule has 0 saturated carbocycles. The van der Waals surface area contributed by atoms with Crippen molar-refractivity contribution in [3.8, 4) is 5.75 Å². The van der Waals surface area contributed by atoms with Crippen LogP contribution in [0, 0.1) is 0 Å². The van der Waals surface area contributed by atoms with Gasteiger partial charge in [-0.05, 0) is 42.5 Å². The zero-order valence-electron chi connectivity index (χ0n) is 21.1. The van der Waals surface area contributed by atoms with Gasteiger partial charge in [0.05, 0.1) is 51.2 Å². The van der Waals surface area contributed by atoms with E-state index in [1.165, 1.54) is 18.9 Å². The molecular formula is C26H34N4O5S. The minimum absolute atomic E-state index is 0.0562. The van der Waals surface area contributed by atoms with Crippen molar-refractivity contribution in [1.82, 2.24) is 15.1 Å². The number of nitrogens with one attached hydrogen (secondary N) is 1. The Bertz CT molecular complexity index is 1060. The maximum atomic E-state index is 13.0. The van der Waals surface area contributed by atoms with Gasteiger partial charge in [-0.2, -0.15) is 0 Å². The van der Waals surface area contributed by atoms with Crippen LogP contribution in [0.3, 0.4) is 0 Å². The molecule has 3 aliphatic heterocycles. The molecule has 0 spiro atoms. The van der Waals surface area contributed by atoms with Gasteiger partial charge in [0.25, 0.3) is 0 Å². The van der Waals surface area contributed by atoms with Gasteiger partial charge in [0.1, 0.15) is 5.75 Å². The number of ether oxygens (including phenoxy) is 3. The molecule has 0 aliphatic carbocycles. The quantitative estimate of drug-likeness (QED) is 0.376. The number of methoxy groups -OCH3 is 2. The second-order valence-corrected chi connectivity index (χ2v) is 9.55. The number of hydrogen-bond donors (Lipinski definition) is 1. The van der Waals surface area contributed by atoms with Crippen molar-refractivity contribution in [3.05, 3.63) is 52.2 Å². The molecule has 4 rings (SSSR count). The first-order chi connectivity index (χ1) is 17.5. The first-order valence-corrected chi connectivity index (χ1v) is 13.2. The van der Waals surface area contributed by atoms with E-state index in [2.05, 4.69) is 10.2 Å². The highest BCUT2D eigenvalue weighted by Gasteiger charge is 2.41. The Morgan fingerprint density at radius 1 is 1.25 bits per heavy atom. The fourth-order valence-corrected chi connectivity index (χ4v) is 5.56. The molecule has 1 aromatic rings. The number of thioether (sulfide) groups is 1. The summed E-state index contributed by atoms with van der Waals surface area (Å²) in [7, 11) is 2.99. The molecule has 9 nitrogen and oxygen atoms in total. The van der Waals surface area contributed by atoms with Crippen LogP contribution in [0.4, 0.5) is 0 Å². The molecular weight excluding hydrogens is 480 g/mol. The number of amides is 1. The second-order valence-electron chi connectivity index (χ2n) is 8.71. The molecule has 1 amide bonds. The van der Waals surface area contributed by atoms with Gasteiger partial charge in [-0.3, -0.25) is 9.69 Å². The standard InChI is InChI=1S/C26H34N4O5S/c1-4-21-23(25(32)34-3)24(18-7-5-8-20(15-18)33-2)30-19(17-36-26(30)28-21)16-22(31)27-9-6-10-29-11-13-35-14-12-29/h5,7-8,15,17,24H,4,6,9-14,16H2,1-3H3,(H,27,31)/t24-/m0/s1. The zero-order chi connectivity index (χ0) is 25.5. The van der Waals surface area contributed by atoms with Crippen molar-refractivity contribution in [2.24, 2.45) is 4.99 Å². The number of morpholine rings is 1. The van der Waals surface area contributed by atoms with Crippen LogP contribution in [0.25, 0.3) is 0 Å². The summed E-state index contributed by atoms with van der Waals surface area (Å²) in [5, 5.41) is 5.75. The number of fused-ring (bicyclic) bond motifs is 1. The summed E-state index contributed by atoms with van der Waals surface area (Å²) in [5.41, 5.74) is 2.84. The number of carbonyl (C=O) groups excluding carboxylic acids is 2. The lowest BCUT2D eigenvalue weighted by Gasteiger charge is -2.36. The Balaban J connectivity index is 1.50. The molecule has 36 heavy (non-hydrogen) atoms. The van der Waals surface area contributed by atoms with E-state index in [4.69, 9.17) is 19.2 Å². The van der Waals surface area contributed by atoms with Gasteiger partial charge in [0.15, 0.2) is 5.17 Å². The van der Waals surface area contributed by atoms with Crippen LogP contribution in [0.2, 0.25) is 0 Å². The van der Waals surface area contributed by atoms with Crippen LogP contribution in [0.1, 0.15) is 37.8 Å². The first-order valence-electron chi connectivity index (χ1n) is 12.3. The van der Waals surface area contributed by atoms with Crippen molar-refractivity contribution in [1.29, 1.82) is 0 Å². The molecule has 0 unspecified atom stereocenters. The molecule has 1 aromatic carbocycles. The molecule has 0 bridgehead atoms. The van der Waals surface area contributed by atoms with E-state index in [-0.39, 0.29) is 12.3 Å². The lowest BCUT2D eigenvalue weighted by Crippen LogP contribution is -2.39. The third-order valence-corrected chi connectivity index (χ3v) is 7.35. The number of nitrogens with zero attached hydrogens (tertiary/aromatic N) is 3. The zero-order valence-corrected chi connectivity index (χ0v) is 21.9. The number of allylic oxidation sites excluding steroid dienone is 1. The van der Waals surface area contributed by atoms with Gasteiger partial charge >= 0.3 is 5.97 Å². The van der Waals surface area contributed by atoms with Crippen LogP contribution in [0.5, 0.6) is 5.75 Å². The van der Waals surface area contributed by atoms with Crippen molar-refractivity contribution in [2.45, 2.75) is 32.2 Å². The van der Waals surface area contributed by atoms with Gasteiger partial charge < -0.3 is 24.4 Å². The number of hydrogen-bond acceptors (Lipinski definition) is 9. The smallest absolute Gasteiger partial charge is 0.338 e. The van der Waals surface area contributed by atoms with E-state index in [0.29, 0.717) is 30.0 Å². The molecule has 1 atom stereocenters. The van der Waals surface area contributed by atoms with Crippen LogP contribution in [-0.4, -0.2) is 80.5 Å². The fraction of sp³-hybridized carbons (Fsp3) is 0.500. The number of benzene rings is 1. The summed E-state index contributed by atoms with van der Waals surface area (Å²) in [6, 6.07) is 7.16. The lowest BCUT2D eigenvalue weighted by molar-refractivity contribution is -0.136. The van der Waals surface area contributed by atoms with Gasteiger partial charge in [0, 0.05) is 25.3 Å². The minimum Gasteiger partial charge on any atom is -0.497 e. The predicted octanol–water partition coefficient (Wildman–Crippen LogP) is 3.06. The van der Waals surface area contributed by atoms with Gasteiger partial charge in [0.2, 0.25) is 5.91 Å². The molecule has 194 valence electrons. The molecule has 0 aromatic heterocycles. The summed E-state index contributed by atoms with van der Waals surface area (Å²) >= 11 is 1.47. The number of aliphatic imine (C=N–C) groups is 1. The summed E-state index contributed by atoms with van der Waals surface area (Å²) in [5.74, 6) is 0.208. The van der Waals surface area contributed by atoms with E-state index >= 15 is 0 Å². The van der Waals surface area contributed by atoms with E-state index in [9.17, 15) is 9.59 Å². The monoisotopic (exact) mass is 514 g/mol. The molecule has 0 radical (unpaired) electrons. The minimum atomic E-state index is -0.467. The maximum Gasteiger partial charge on any atom is 0.338 e.